The molecule has 4 nitrogen and oxygen atoms in total. The summed E-state index contributed by atoms with van der Waals surface area (Å²) in [5.41, 5.74) is 0.945. The zero-order chi connectivity index (χ0) is 14.4. The van der Waals surface area contributed by atoms with E-state index in [0.29, 0.717) is 6.04 Å². The summed E-state index contributed by atoms with van der Waals surface area (Å²) >= 11 is 1.69. The summed E-state index contributed by atoms with van der Waals surface area (Å²) in [5.74, 6) is -0.00802. The quantitative estimate of drug-likeness (QED) is 0.848. The number of thiophene rings is 1. The Kier molecular flexibility index (Phi) is 6.01. The predicted molar refractivity (Wildman–Crippen MR) is 85.2 cm³/mol. The number of hydrogen-bond acceptors (Lipinski definition) is 4. The molecule has 1 unspecified atom stereocenters. The van der Waals surface area contributed by atoms with Crippen LogP contribution in [-0.4, -0.2) is 36.5 Å². The minimum Gasteiger partial charge on any atom is -0.325 e. The summed E-state index contributed by atoms with van der Waals surface area (Å²) in [5, 5.41) is 8.42. The number of hydrogen-bond donors (Lipinski definition) is 2. The van der Waals surface area contributed by atoms with Gasteiger partial charge in [-0.15, -0.1) is 11.3 Å². The molecule has 0 aliphatic carbocycles. The summed E-state index contributed by atoms with van der Waals surface area (Å²) in [6, 6.07) is 2.55. The van der Waals surface area contributed by atoms with Gasteiger partial charge in [-0.25, -0.2) is 0 Å². The van der Waals surface area contributed by atoms with Crippen LogP contribution in [0.4, 0.5) is 5.69 Å². The number of anilines is 1. The molecule has 0 spiro atoms. The topological polar surface area (TPSA) is 44.4 Å². The van der Waals surface area contributed by atoms with Gasteiger partial charge in [0.25, 0.3) is 0 Å². The van der Waals surface area contributed by atoms with Crippen molar-refractivity contribution in [2.75, 3.05) is 25.0 Å². The maximum absolute atomic E-state index is 11.1. The van der Waals surface area contributed by atoms with Gasteiger partial charge in [-0.2, -0.15) is 0 Å². The Bertz CT molecular complexity index is 427. The molecule has 0 saturated carbocycles. The van der Waals surface area contributed by atoms with Crippen LogP contribution >= 0.6 is 11.3 Å². The van der Waals surface area contributed by atoms with E-state index < -0.39 is 0 Å². The first kappa shape index (κ1) is 15.5. The zero-order valence-electron chi connectivity index (χ0n) is 12.4. The highest BCUT2D eigenvalue weighted by Gasteiger charge is 2.16. The maximum Gasteiger partial charge on any atom is 0.221 e. The van der Waals surface area contributed by atoms with E-state index in [1.165, 1.54) is 37.2 Å². The highest BCUT2D eigenvalue weighted by atomic mass is 32.1. The van der Waals surface area contributed by atoms with Crippen LogP contribution < -0.4 is 10.6 Å². The first-order chi connectivity index (χ1) is 9.66. The summed E-state index contributed by atoms with van der Waals surface area (Å²) in [4.78, 5) is 14.9. The second-order valence-corrected chi connectivity index (χ2v) is 6.52. The van der Waals surface area contributed by atoms with Gasteiger partial charge in [0.05, 0.1) is 5.69 Å². The molecule has 112 valence electrons. The van der Waals surface area contributed by atoms with E-state index in [9.17, 15) is 4.79 Å². The molecule has 0 bridgehead atoms. The smallest absolute Gasteiger partial charge is 0.221 e. The number of rotatable bonds is 6. The van der Waals surface area contributed by atoms with Crippen molar-refractivity contribution >= 4 is 22.9 Å². The molecule has 1 aliphatic heterocycles. The predicted octanol–water partition coefficient (Wildman–Crippen LogP) is 2.67. The average Bonchev–Trinajstić information content (AvgIpc) is 2.86. The van der Waals surface area contributed by atoms with Crippen LogP contribution in [-0.2, 0) is 11.3 Å². The molecule has 1 amide bonds. The molecule has 2 N–H and O–H groups in total. The molecule has 5 heteroatoms. The van der Waals surface area contributed by atoms with Crippen molar-refractivity contribution in [3.05, 3.63) is 16.3 Å². The van der Waals surface area contributed by atoms with E-state index >= 15 is 0 Å². The fraction of sp³-hybridized carbons (Fsp3) is 0.667. The van der Waals surface area contributed by atoms with Crippen LogP contribution in [0.5, 0.6) is 0 Å². The lowest BCUT2D eigenvalue weighted by Crippen LogP contribution is -2.42. The number of nitrogens with zero attached hydrogens (tertiary/aromatic N) is 1. The normalized spacial score (nSPS) is 17.9. The van der Waals surface area contributed by atoms with Gasteiger partial charge in [-0.1, -0.05) is 6.42 Å². The van der Waals surface area contributed by atoms with E-state index in [1.54, 1.807) is 18.3 Å². The Morgan fingerprint density at radius 1 is 1.40 bits per heavy atom. The Hall–Kier alpha value is -0.910. The number of amides is 1. The monoisotopic (exact) mass is 295 g/mol. The minimum absolute atomic E-state index is 0.00802. The van der Waals surface area contributed by atoms with Gasteiger partial charge >= 0.3 is 0 Å². The Labute approximate surface area is 125 Å². The molecule has 2 rings (SSSR count). The van der Waals surface area contributed by atoms with Crippen LogP contribution in [0.3, 0.4) is 0 Å². The second kappa shape index (κ2) is 7.76. The number of likely N-dealkylation sites (tertiary alicyclic amines) is 1. The highest BCUT2D eigenvalue weighted by molar-refractivity contribution is 7.10. The molecular formula is C15H25N3OS. The lowest BCUT2D eigenvalue weighted by atomic mass is 10.1. The van der Waals surface area contributed by atoms with Gasteiger partial charge in [0, 0.05) is 30.9 Å². The van der Waals surface area contributed by atoms with Crippen LogP contribution in [0.15, 0.2) is 11.4 Å². The molecule has 1 saturated heterocycles. The number of carbonyl (C=O) groups is 1. The van der Waals surface area contributed by atoms with E-state index in [1.807, 2.05) is 11.4 Å². The third-order valence-electron chi connectivity index (χ3n) is 3.80. The standard InChI is InChI=1S/C15H25N3OS/c1-12(18-7-4-3-5-8-18)10-16-11-15-14(6-9-20-15)17-13(2)19/h6,9,12,16H,3-5,7-8,10-11H2,1-2H3,(H,17,19). The maximum atomic E-state index is 11.1. The largest absolute Gasteiger partial charge is 0.325 e. The molecule has 20 heavy (non-hydrogen) atoms. The van der Waals surface area contributed by atoms with Crippen molar-refractivity contribution in [2.45, 2.75) is 45.7 Å². The average molecular weight is 295 g/mol. The van der Waals surface area contributed by atoms with Gasteiger partial charge in [-0.3, -0.25) is 9.69 Å². The lowest BCUT2D eigenvalue weighted by Gasteiger charge is -2.32. The van der Waals surface area contributed by atoms with E-state index in [0.717, 1.165) is 18.8 Å². The van der Waals surface area contributed by atoms with E-state index in [2.05, 4.69) is 22.5 Å². The minimum atomic E-state index is -0.00802. The molecule has 2 heterocycles. The molecule has 1 aromatic rings. The van der Waals surface area contributed by atoms with Crippen molar-refractivity contribution in [3.63, 3.8) is 0 Å². The SMILES string of the molecule is CC(=O)Nc1ccsc1CNCC(C)N1CCCCC1. The van der Waals surface area contributed by atoms with Crippen molar-refractivity contribution in [1.29, 1.82) is 0 Å². The second-order valence-electron chi connectivity index (χ2n) is 5.52. The number of carbonyl (C=O) groups excluding carboxylic acids is 1. The van der Waals surface area contributed by atoms with Crippen molar-refractivity contribution in [2.24, 2.45) is 0 Å². The fourth-order valence-electron chi connectivity index (χ4n) is 2.66. The summed E-state index contributed by atoms with van der Waals surface area (Å²) in [7, 11) is 0. The molecule has 1 fully saturated rings. The Morgan fingerprint density at radius 3 is 2.85 bits per heavy atom. The number of piperidine rings is 1. The summed E-state index contributed by atoms with van der Waals surface area (Å²) in [6.45, 7) is 8.13. The molecule has 1 aliphatic rings. The molecule has 0 aromatic carbocycles. The lowest BCUT2D eigenvalue weighted by molar-refractivity contribution is -0.114. The molecule has 0 radical (unpaired) electrons. The molecule has 1 aromatic heterocycles. The fourth-order valence-corrected chi connectivity index (χ4v) is 3.46. The Balaban J connectivity index is 1.75. The Morgan fingerprint density at radius 2 is 2.15 bits per heavy atom. The van der Waals surface area contributed by atoms with Crippen molar-refractivity contribution in [3.8, 4) is 0 Å². The van der Waals surface area contributed by atoms with Crippen LogP contribution in [0, 0.1) is 0 Å². The molecular weight excluding hydrogens is 270 g/mol. The van der Waals surface area contributed by atoms with E-state index in [-0.39, 0.29) is 5.91 Å². The van der Waals surface area contributed by atoms with Crippen LogP contribution in [0.25, 0.3) is 0 Å². The third-order valence-corrected chi connectivity index (χ3v) is 4.72. The summed E-state index contributed by atoms with van der Waals surface area (Å²) < 4.78 is 0. The van der Waals surface area contributed by atoms with Gasteiger partial charge in [-0.05, 0) is 44.3 Å². The van der Waals surface area contributed by atoms with Gasteiger partial charge in [0.15, 0.2) is 0 Å². The molecule has 1 atom stereocenters. The van der Waals surface area contributed by atoms with Gasteiger partial charge in [0.2, 0.25) is 5.91 Å². The van der Waals surface area contributed by atoms with Gasteiger partial charge < -0.3 is 10.6 Å². The first-order valence-electron chi connectivity index (χ1n) is 7.45. The summed E-state index contributed by atoms with van der Waals surface area (Å²) in [6.07, 6.45) is 4.05. The van der Waals surface area contributed by atoms with Crippen molar-refractivity contribution in [1.82, 2.24) is 10.2 Å². The first-order valence-corrected chi connectivity index (χ1v) is 8.33. The third kappa shape index (κ3) is 4.58. The van der Waals surface area contributed by atoms with Crippen LogP contribution in [0.1, 0.15) is 38.0 Å². The van der Waals surface area contributed by atoms with Gasteiger partial charge in [0.1, 0.15) is 0 Å². The van der Waals surface area contributed by atoms with E-state index in [4.69, 9.17) is 0 Å². The zero-order valence-corrected chi connectivity index (χ0v) is 13.3. The van der Waals surface area contributed by atoms with Crippen molar-refractivity contribution < 1.29 is 4.79 Å². The van der Waals surface area contributed by atoms with Crippen LogP contribution in [0.2, 0.25) is 0 Å². The number of nitrogens with one attached hydrogen (secondary N) is 2. The highest BCUT2D eigenvalue weighted by Crippen LogP contribution is 2.22.